The molecule has 6 aromatic heterocycles. The molecule has 49 nitrogen and oxygen atoms in total. The van der Waals surface area contributed by atoms with Crippen molar-refractivity contribution < 1.29 is 116 Å². The van der Waals surface area contributed by atoms with Gasteiger partial charge in [0.05, 0.1) is 35.9 Å². The number of amides is 10. The van der Waals surface area contributed by atoms with Crippen LogP contribution in [0, 0.1) is 26.7 Å². The van der Waals surface area contributed by atoms with Gasteiger partial charge in [0.25, 0.3) is 22.1 Å². The zero-order chi connectivity index (χ0) is 99.3. The Hall–Kier alpha value is -15.4. The van der Waals surface area contributed by atoms with Crippen molar-refractivity contribution in [2.24, 2.45) is 13.0 Å². The van der Waals surface area contributed by atoms with Gasteiger partial charge in [0, 0.05) is 79.2 Å². The van der Waals surface area contributed by atoms with Gasteiger partial charge in [-0.1, -0.05) is 151 Å². The number of carboxylic acids is 1. The van der Waals surface area contributed by atoms with Crippen molar-refractivity contribution in [1.29, 1.82) is 0 Å². The van der Waals surface area contributed by atoms with Crippen LogP contribution in [0.1, 0.15) is 161 Å². The van der Waals surface area contributed by atoms with Gasteiger partial charge >= 0.3 is 35.0 Å². The molecule has 14 rings (SSSR count). The summed E-state index contributed by atoms with van der Waals surface area (Å²) in [5.41, 5.74) is -2.02. The van der Waals surface area contributed by atoms with Gasteiger partial charge in [-0.2, -0.15) is 20.3 Å². The monoisotopic (exact) mass is 1810 g/mol. The first-order valence-electron chi connectivity index (χ1n) is 37.7. The topological polar surface area (TPSA) is 746 Å². The van der Waals surface area contributed by atoms with Crippen molar-refractivity contribution >= 4 is 88.1 Å². The molecular weight excluding hydrogens is 1690 g/mol. The summed E-state index contributed by atoms with van der Waals surface area (Å²) in [5, 5.41) is 100. The number of carbonyl (C=O) groups excluding carboxylic acids is 11. The lowest BCUT2D eigenvalue weighted by Gasteiger charge is -1.99. The van der Waals surface area contributed by atoms with Crippen molar-refractivity contribution in [3.8, 4) is 11.5 Å². The third-order valence-corrected chi connectivity index (χ3v) is 12.6. The molecule has 7 aromatic rings. The Morgan fingerprint density at radius 2 is 1.22 bits per heavy atom. The number of nitrogens with one attached hydrogen (secondary N) is 10. The molecule has 0 saturated carbocycles. The standard InChI is InChI=1S/C6H7NO2.C6H6O2.C5H7NO2.C5H6NO2.C5H6O4.2C5H4O3.C4H6N2O2.C4H5NO2S.C4H5NO.C3H4N2O3.2C3H3NO2.2C2H4N4.7C2H6/c1-3-5(8)4(2)7-6(3)9;7-5-3-1-2-4-6(5)8;1-3-2-4(7)6-5(3)8;7-5-3-1-2-4-6(5)8;1-3(6)2-4(7)5(8)9;6-4-1-2-8-3-5(4)7;1-2-3(6)5(8)4(2)7;1-6-2-3(7)5-4(6)8;1-2-3(6)5-4(7)8-2;6-4-2-1-3-5-4;1-5-2(6)4-3(7)8-5;5-3-1-2-6-4-3;5-3-1-2-4-6-3;2*1-2-3-5-6-4-2;7*1-2/h8H,2H2,1H3,(H,7,9);1,3-4,8H,2H2;3H,2H2,1H3,(H,6,7,8);1,3-4,8H,2H2;2,7H,1H3,(H,8,9);1-3,7H;6H,1H3;2H2,1H3,(H,5,7,8);2H,1H3,(H,5,6,7);1-2H,3H2,(H,5,6);1H3,(H,4,6,7);1-2H,(H,4,5);1-2,4H;2*1H3,(H,3,4,5,6);7*1-2H3/q;;;+1;;;;;;;;;;;;;;;;;;/b;;;;4-2-;;;;;;;;;;;;;;;;;. The van der Waals surface area contributed by atoms with E-state index in [1.807, 2.05) is 102 Å². The fourth-order valence-electron chi connectivity index (χ4n) is 6.04. The van der Waals surface area contributed by atoms with Crippen LogP contribution >= 0.6 is 11.8 Å². The summed E-state index contributed by atoms with van der Waals surface area (Å²) in [6.07, 6.45) is 19.5. The summed E-state index contributed by atoms with van der Waals surface area (Å²) in [6.45, 7) is 43.4. The summed E-state index contributed by atoms with van der Waals surface area (Å²) in [7, 11) is 2.92. The number of rotatable bonds is 2. The molecule has 17 N–H and O–H groups in total. The van der Waals surface area contributed by atoms with E-state index in [2.05, 4.69) is 103 Å². The number of hydrogen-bond donors (Lipinski definition) is 17. The van der Waals surface area contributed by atoms with Crippen LogP contribution in [0.3, 0.4) is 0 Å². The normalized spacial score (nSPS) is 14.0. The average Bonchev–Trinajstić information content (AvgIpc) is 1.26. The molecular formula is C76H116N19O30S+. The fourth-order valence-corrected chi connectivity index (χ4v) is 6.69. The van der Waals surface area contributed by atoms with Gasteiger partial charge < -0.3 is 64.2 Å². The minimum Gasteiger partial charge on any atom is -0.505 e. The predicted molar refractivity (Wildman–Crippen MR) is 459 cm³/mol. The van der Waals surface area contributed by atoms with Crippen molar-refractivity contribution in [1.82, 2.24) is 92.8 Å². The Morgan fingerprint density at radius 1 is 0.667 bits per heavy atom. The number of aliphatic carboxylic acids is 1. The SMILES string of the molecule is C=C1NC(=O)C(C)=C1O.CC.CC.CC.CC.CC.CC.CC.CC(=O)/C=C(\O)C(=O)O.CC1CC(=O)NC1=O.CC1SC(=O)NC1=O.CN1CC(=O)NC1=O.Cc1c(O)c(=O)c1=O.Cc1nn[nH]n1.Cc1nn[nH]n1.Cn1oc(=O)[nH]c1=O.O=C1C=CCC=C1O.O=C1C=CCC=[N+]1O.O=C1C=CCN1.O=c1cc[nH]o1.O=c1cco[nH]1.O=c1ccocc1O. The first kappa shape index (κ1) is 126. The molecule has 50 heteroatoms. The molecule has 0 spiro atoms. The molecule has 10 amide bonds. The third kappa shape index (κ3) is 63.6. The van der Waals surface area contributed by atoms with Crippen molar-refractivity contribution in [3.63, 3.8) is 0 Å². The van der Waals surface area contributed by atoms with Crippen LogP contribution in [-0.4, -0.2) is 209 Å². The van der Waals surface area contributed by atoms with Crippen LogP contribution in [-0.2, 0) is 55.0 Å². The Kier molecular flexibility index (Phi) is 78.2. The van der Waals surface area contributed by atoms with E-state index < -0.39 is 45.2 Å². The first-order chi connectivity index (χ1) is 59.5. The molecule has 1 aromatic carbocycles. The summed E-state index contributed by atoms with van der Waals surface area (Å²) in [5.74, 6) is -4.90. The van der Waals surface area contributed by atoms with Crippen LogP contribution < -0.4 is 65.5 Å². The van der Waals surface area contributed by atoms with E-state index in [-0.39, 0.29) is 122 Å². The summed E-state index contributed by atoms with van der Waals surface area (Å²) < 4.78 is 18.5. The van der Waals surface area contributed by atoms with Gasteiger partial charge in [0.1, 0.15) is 24.8 Å². The highest BCUT2D eigenvalue weighted by atomic mass is 32.2. The number of likely N-dealkylation sites (N-methyl/N-ethyl adjacent to an activating group) is 1. The fraction of sp³-hybridized carbons (Fsp3) is 0.395. The van der Waals surface area contributed by atoms with Gasteiger partial charge in [-0.05, 0) is 60.1 Å². The number of ketones is 2. The molecule has 12 heterocycles. The number of urea groups is 1. The van der Waals surface area contributed by atoms with Crippen molar-refractivity contribution in [2.45, 2.75) is 170 Å². The minimum absolute atomic E-state index is 0.0231. The number of carboxylic acid groups (broad SMARTS) is 1. The number of hydrogen-bond acceptors (Lipinski definition) is 36. The maximum atomic E-state index is 10.6. The van der Waals surface area contributed by atoms with Gasteiger partial charge in [0.2, 0.25) is 58.2 Å². The van der Waals surface area contributed by atoms with Crippen LogP contribution in [0.25, 0.3) is 0 Å². The van der Waals surface area contributed by atoms with Crippen LogP contribution in [0.2, 0.25) is 0 Å². The number of aromatic hydroxyl groups is 2. The number of tetrazole rings is 2. The van der Waals surface area contributed by atoms with Gasteiger partial charge in [-0.15, -0.1) is 20.4 Å². The second-order valence-corrected chi connectivity index (χ2v) is 22.1. The molecule has 126 heavy (non-hydrogen) atoms. The highest BCUT2D eigenvalue weighted by Crippen LogP contribution is 2.17. The maximum absolute atomic E-state index is 10.6. The smallest absolute Gasteiger partial charge is 0.458 e. The third-order valence-electron chi connectivity index (χ3n) is 11.8. The van der Waals surface area contributed by atoms with Crippen molar-refractivity contribution in [3.05, 3.63) is 217 Å². The second-order valence-electron chi connectivity index (χ2n) is 20.8. The van der Waals surface area contributed by atoms with Crippen LogP contribution in [0.15, 0.2) is 178 Å². The highest BCUT2D eigenvalue weighted by Gasteiger charge is 2.27. The average molecular weight is 1810 g/mol. The number of imide groups is 3. The molecule has 3 saturated heterocycles. The first-order valence-corrected chi connectivity index (χ1v) is 38.5. The van der Waals surface area contributed by atoms with Gasteiger partial charge in [-0.25, -0.2) is 38.9 Å². The number of aliphatic hydroxyl groups excluding tert-OH is 3. The van der Waals surface area contributed by atoms with E-state index in [1.165, 1.54) is 80.2 Å². The second kappa shape index (κ2) is 78.1. The Labute approximate surface area is 725 Å². The van der Waals surface area contributed by atoms with Crippen LogP contribution in [0.5, 0.6) is 11.5 Å². The summed E-state index contributed by atoms with van der Waals surface area (Å²) in [6, 6.07) is 3.45. The predicted octanol–water partition coefficient (Wildman–Crippen LogP) is 4.78. The van der Waals surface area contributed by atoms with E-state index in [9.17, 15) is 91.1 Å². The molecule has 1 aliphatic carbocycles. The molecule has 2 unspecified atom stereocenters. The lowest BCUT2D eigenvalue weighted by Crippen LogP contribution is -2.32. The number of carbonyl (C=O) groups is 12. The Bertz CT molecular complexity index is 4700. The Balaban J connectivity index is -0.000000196. The quantitative estimate of drug-likeness (QED) is 0.0162. The number of aliphatic hydroxyl groups is 3. The molecule has 0 radical (unpaired) electrons. The molecule has 6 aliphatic heterocycles. The highest BCUT2D eigenvalue weighted by molar-refractivity contribution is 8.15. The lowest BCUT2D eigenvalue weighted by atomic mass is 10.1. The molecule has 7 aliphatic rings. The van der Waals surface area contributed by atoms with E-state index in [0.717, 1.165) is 35.8 Å². The largest absolute Gasteiger partial charge is 0.505 e. The summed E-state index contributed by atoms with van der Waals surface area (Å²) in [4.78, 5) is 197. The zero-order valence-corrected chi connectivity index (χ0v) is 74.9. The van der Waals surface area contributed by atoms with Crippen molar-refractivity contribution in [2.75, 3.05) is 20.1 Å². The number of aryl methyl sites for hydroxylation is 3. The van der Waals surface area contributed by atoms with E-state index in [0.29, 0.717) is 53.8 Å². The molecule has 700 valence electrons. The van der Waals surface area contributed by atoms with Gasteiger partial charge in [0.15, 0.2) is 34.7 Å². The number of allylic oxidation sites excluding steroid dienone is 5. The lowest BCUT2D eigenvalue weighted by molar-refractivity contribution is -0.700. The minimum atomic E-state index is -1.50. The van der Waals surface area contributed by atoms with E-state index in [4.69, 9.17) is 35.8 Å². The Morgan fingerprint density at radius 3 is 1.38 bits per heavy atom. The summed E-state index contributed by atoms with van der Waals surface area (Å²) >= 11 is 1.03. The number of thioether (sulfide) groups is 1. The van der Waals surface area contributed by atoms with E-state index in [1.54, 1.807) is 59.9 Å². The molecule has 0 bridgehead atoms. The number of H-pyrrole nitrogens is 5. The zero-order valence-electron chi connectivity index (χ0n) is 74.1. The number of aromatic nitrogens is 12. The maximum Gasteiger partial charge on any atom is 0.458 e. The number of nitrogens with zero attached hydrogens (tertiary/aromatic N) is 9. The molecule has 3 fully saturated rings. The number of aromatic amines is 5. The van der Waals surface area contributed by atoms with Crippen LogP contribution in [0.4, 0.5) is 9.59 Å². The van der Waals surface area contributed by atoms with Gasteiger partial charge in [-0.3, -0.25) is 83.5 Å². The van der Waals surface area contributed by atoms with E-state index >= 15 is 0 Å². The molecule has 2 atom stereocenters. The number of hydroxylamine groups is 1.